The fraction of sp³-hybridized carbons (Fsp3) is 0.647. The second kappa shape index (κ2) is 6.95. The van der Waals surface area contributed by atoms with Crippen LogP contribution in [0.15, 0.2) is 24.3 Å². The second-order valence-corrected chi connectivity index (χ2v) is 6.24. The van der Waals surface area contributed by atoms with Crippen molar-refractivity contribution in [3.05, 3.63) is 29.8 Å². The number of aryl methyl sites for hydroxylation is 1. The molecule has 1 fully saturated rings. The van der Waals surface area contributed by atoms with Crippen LogP contribution in [0.25, 0.3) is 0 Å². The van der Waals surface area contributed by atoms with E-state index >= 15 is 0 Å². The lowest BCUT2D eigenvalue weighted by Crippen LogP contribution is -2.39. The van der Waals surface area contributed by atoms with Crippen LogP contribution in [0.3, 0.4) is 0 Å². The monoisotopic (exact) mass is 261 g/mol. The highest BCUT2D eigenvalue weighted by atomic mass is 16.3. The van der Waals surface area contributed by atoms with Crippen LogP contribution in [0.1, 0.15) is 51.5 Å². The molecule has 19 heavy (non-hydrogen) atoms. The van der Waals surface area contributed by atoms with E-state index < -0.39 is 0 Å². The molecule has 1 aromatic rings. The molecule has 0 spiro atoms. The molecule has 0 bridgehead atoms. The Morgan fingerprint density at radius 1 is 1.26 bits per heavy atom. The summed E-state index contributed by atoms with van der Waals surface area (Å²) in [6, 6.07) is 8.88. The first-order valence-electron chi connectivity index (χ1n) is 7.67. The molecule has 1 aliphatic rings. The van der Waals surface area contributed by atoms with Gasteiger partial charge in [0.1, 0.15) is 5.75 Å². The number of phenolic OH excluding ortho intramolecular Hbond substituents is 1. The summed E-state index contributed by atoms with van der Waals surface area (Å²) in [6.45, 7) is 4.66. The molecule has 0 aliphatic heterocycles. The van der Waals surface area contributed by atoms with E-state index in [2.05, 4.69) is 19.2 Å². The average molecular weight is 261 g/mol. The van der Waals surface area contributed by atoms with Gasteiger partial charge in [-0.15, -0.1) is 0 Å². The maximum Gasteiger partial charge on any atom is 0.115 e. The highest BCUT2D eigenvalue weighted by Crippen LogP contribution is 2.24. The molecule has 3 unspecified atom stereocenters. The molecule has 3 atom stereocenters. The Balaban J connectivity index is 1.72. The second-order valence-electron chi connectivity index (χ2n) is 6.24. The Morgan fingerprint density at radius 3 is 2.68 bits per heavy atom. The molecule has 1 aliphatic carbocycles. The van der Waals surface area contributed by atoms with Crippen LogP contribution in [-0.4, -0.2) is 17.2 Å². The summed E-state index contributed by atoms with van der Waals surface area (Å²) in [4.78, 5) is 0. The summed E-state index contributed by atoms with van der Waals surface area (Å²) in [5.41, 5.74) is 1.31. The molecule has 0 heterocycles. The van der Waals surface area contributed by atoms with Crippen molar-refractivity contribution in [2.75, 3.05) is 0 Å². The smallest absolute Gasteiger partial charge is 0.115 e. The zero-order valence-corrected chi connectivity index (χ0v) is 12.2. The number of rotatable bonds is 5. The van der Waals surface area contributed by atoms with E-state index in [9.17, 15) is 5.11 Å². The van der Waals surface area contributed by atoms with Gasteiger partial charge >= 0.3 is 0 Å². The fourth-order valence-corrected chi connectivity index (χ4v) is 3.12. The number of nitrogens with one attached hydrogen (secondary N) is 1. The van der Waals surface area contributed by atoms with Crippen LogP contribution in [0.4, 0.5) is 0 Å². The minimum atomic E-state index is 0.353. The van der Waals surface area contributed by atoms with Crippen molar-refractivity contribution in [3.63, 3.8) is 0 Å². The molecule has 0 amide bonds. The highest BCUT2D eigenvalue weighted by Gasteiger charge is 2.19. The zero-order chi connectivity index (χ0) is 13.7. The van der Waals surface area contributed by atoms with Crippen LogP contribution in [0, 0.1) is 5.92 Å². The standard InChI is InChI=1S/C17H27NO/c1-13-4-3-5-16(12-13)18-14(2)6-7-15-8-10-17(19)11-9-15/h8-11,13-14,16,18-19H,3-7,12H2,1-2H3. The average Bonchev–Trinajstić information content (AvgIpc) is 2.38. The maximum atomic E-state index is 9.26. The fourth-order valence-electron chi connectivity index (χ4n) is 3.12. The SMILES string of the molecule is CC1CCCC(NC(C)CCc2ccc(O)cc2)C1. The Morgan fingerprint density at radius 2 is 2.00 bits per heavy atom. The molecular formula is C17H27NO. The number of phenols is 1. The molecular weight excluding hydrogens is 234 g/mol. The quantitative estimate of drug-likeness (QED) is 0.843. The van der Waals surface area contributed by atoms with Gasteiger partial charge in [0.05, 0.1) is 0 Å². The van der Waals surface area contributed by atoms with Crippen molar-refractivity contribution in [3.8, 4) is 5.75 Å². The number of hydrogen-bond donors (Lipinski definition) is 2. The predicted molar refractivity (Wildman–Crippen MR) is 80.4 cm³/mol. The summed E-state index contributed by atoms with van der Waals surface area (Å²) in [7, 11) is 0. The Labute approximate surface area is 117 Å². The Hall–Kier alpha value is -1.02. The summed E-state index contributed by atoms with van der Waals surface area (Å²) in [6.07, 6.45) is 7.70. The van der Waals surface area contributed by atoms with Crippen LogP contribution in [0.5, 0.6) is 5.75 Å². The van der Waals surface area contributed by atoms with Gasteiger partial charge in [-0.1, -0.05) is 31.9 Å². The maximum absolute atomic E-state index is 9.26. The lowest BCUT2D eigenvalue weighted by molar-refractivity contribution is 0.280. The minimum Gasteiger partial charge on any atom is -0.508 e. The van der Waals surface area contributed by atoms with E-state index in [1.54, 1.807) is 12.1 Å². The number of benzene rings is 1. The van der Waals surface area contributed by atoms with Gasteiger partial charge in [0, 0.05) is 12.1 Å². The molecule has 2 N–H and O–H groups in total. The van der Waals surface area contributed by atoms with Crippen molar-refractivity contribution >= 4 is 0 Å². The van der Waals surface area contributed by atoms with E-state index in [1.165, 1.54) is 31.2 Å². The van der Waals surface area contributed by atoms with Crippen molar-refractivity contribution in [1.82, 2.24) is 5.32 Å². The van der Waals surface area contributed by atoms with Crippen LogP contribution in [0.2, 0.25) is 0 Å². The largest absolute Gasteiger partial charge is 0.508 e. The van der Waals surface area contributed by atoms with Crippen LogP contribution < -0.4 is 5.32 Å². The van der Waals surface area contributed by atoms with Crippen molar-refractivity contribution in [2.45, 2.75) is 64.5 Å². The minimum absolute atomic E-state index is 0.353. The number of hydrogen-bond acceptors (Lipinski definition) is 2. The van der Waals surface area contributed by atoms with Gasteiger partial charge in [0.25, 0.3) is 0 Å². The summed E-state index contributed by atoms with van der Waals surface area (Å²) < 4.78 is 0. The van der Waals surface area contributed by atoms with Gasteiger partial charge in [0.2, 0.25) is 0 Å². The molecule has 0 aromatic heterocycles. The Kier molecular flexibility index (Phi) is 5.26. The topological polar surface area (TPSA) is 32.3 Å². The zero-order valence-electron chi connectivity index (χ0n) is 12.2. The summed E-state index contributed by atoms with van der Waals surface area (Å²) >= 11 is 0. The third kappa shape index (κ3) is 4.87. The number of aromatic hydroxyl groups is 1. The summed E-state index contributed by atoms with van der Waals surface area (Å²) in [5.74, 6) is 1.24. The van der Waals surface area contributed by atoms with E-state index in [0.29, 0.717) is 11.8 Å². The molecule has 2 heteroatoms. The molecule has 2 rings (SSSR count). The van der Waals surface area contributed by atoms with Crippen molar-refractivity contribution < 1.29 is 5.11 Å². The molecule has 2 nitrogen and oxygen atoms in total. The van der Waals surface area contributed by atoms with Gasteiger partial charge in [-0.3, -0.25) is 0 Å². The van der Waals surface area contributed by atoms with E-state index in [1.807, 2.05) is 12.1 Å². The van der Waals surface area contributed by atoms with Gasteiger partial charge in [-0.05, 0) is 56.2 Å². The highest BCUT2D eigenvalue weighted by molar-refractivity contribution is 5.25. The molecule has 0 radical (unpaired) electrons. The normalized spacial score (nSPS) is 25.2. The van der Waals surface area contributed by atoms with Crippen LogP contribution >= 0.6 is 0 Å². The first-order chi connectivity index (χ1) is 9.13. The lowest BCUT2D eigenvalue weighted by Gasteiger charge is -2.30. The van der Waals surface area contributed by atoms with Gasteiger partial charge in [-0.2, -0.15) is 0 Å². The van der Waals surface area contributed by atoms with E-state index in [0.717, 1.165) is 24.8 Å². The van der Waals surface area contributed by atoms with Gasteiger partial charge < -0.3 is 10.4 Å². The molecule has 1 saturated carbocycles. The first-order valence-corrected chi connectivity index (χ1v) is 7.67. The predicted octanol–water partition coefficient (Wildman–Crippen LogP) is 3.88. The Bertz CT molecular complexity index is 373. The lowest BCUT2D eigenvalue weighted by atomic mass is 9.86. The summed E-state index contributed by atoms with van der Waals surface area (Å²) in [5, 5.41) is 13.0. The van der Waals surface area contributed by atoms with Crippen LogP contribution in [-0.2, 0) is 6.42 Å². The van der Waals surface area contributed by atoms with E-state index in [-0.39, 0.29) is 0 Å². The van der Waals surface area contributed by atoms with Gasteiger partial charge in [0.15, 0.2) is 0 Å². The van der Waals surface area contributed by atoms with E-state index in [4.69, 9.17) is 0 Å². The third-order valence-corrected chi connectivity index (χ3v) is 4.26. The van der Waals surface area contributed by atoms with Gasteiger partial charge in [-0.25, -0.2) is 0 Å². The molecule has 106 valence electrons. The van der Waals surface area contributed by atoms with Crippen molar-refractivity contribution in [2.24, 2.45) is 5.92 Å². The molecule has 0 saturated heterocycles. The molecule has 1 aromatic carbocycles. The first kappa shape index (κ1) is 14.4. The van der Waals surface area contributed by atoms with Crippen molar-refractivity contribution in [1.29, 1.82) is 0 Å². The third-order valence-electron chi connectivity index (χ3n) is 4.26.